The predicted octanol–water partition coefficient (Wildman–Crippen LogP) is 2.78. The average molecular weight is 293 g/mol. The minimum Gasteiger partial charge on any atom is -0.325 e. The molecule has 3 heterocycles. The number of aromatic nitrogens is 5. The lowest BCUT2D eigenvalue weighted by Crippen LogP contribution is -2.06. The third-order valence-corrected chi connectivity index (χ3v) is 3.51. The number of hydrogen-bond acceptors (Lipinski definition) is 3. The number of fused-ring (bicyclic) bond motifs is 1. The average Bonchev–Trinajstić information content (AvgIpc) is 3.16. The molecule has 4 rings (SSSR count). The van der Waals surface area contributed by atoms with Crippen LogP contribution in [0, 0.1) is 5.82 Å². The summed E-state index contributed by atoms with van der Waals surface area (Å²) in [4.78, 5) is 8.52. The van der Waals surface area contributed by atoms with Gasteiger partial charge in [0, 0.05) is 18.0 Å². The molecule has 0 radical (unpaired) electrons. The molecule has 0 N–H and O–H groups in total. The number of rotatable bonds is 3. The van der Waals surface area contributed by atoms with E-state index in [1.165, 1.54) is 18.5 Å². The van der Waals surface area contributed by atoms with Gasteiger partial charge in [-0.3, -0.25) is 0 Å². The maximum atomic E-state index is 13.4. The van der Waals surface area contributed by atoms with Gasteiger partial charge in [-0.25, -0.2) is 18.9 Å². The van der Waals surface area contributed by atoms with Gasteiger partial charge in [0.1, 0.15) is 18.0 Å². The fourth-order valence-corrected chi connectivity index (χ4v) is 2.52. The van der Waals surface area contributed by atoms with Gasteiger partial charge in [-0.05, 0) is 24.3 Å². The highest BCUT2D eigenvalue weighted by Crippen LogP contribution is 2.19. The molecule has 6 heteroatoms. The molecular weight excluding hydrogens is 281 g/mol. The summed E-state index contributed by atoms with van der Waals surface area (Å²) in [6.07, 6.45) is 5.11. The number of nitrogens with zero attached hydrogens (tertiary/aromatic N) is 5. The smallest absolute Gasteiger partial charge is 0.155 e. The maximum Gasteiger partial charge on any atom is 0.155 e. The van der Waals surface area contributed by atoms with E-state index in [0.717, 1.165) is 22.7 Å². The quantitative estimate of drug-likeness (QED) is 0.583. The van der Waals surface area contributed by atoms with Crippen molar-refractivity contribution in [1.82, 2.24) is 24.1 Å². The van der Waals surface area contributed by atoms with Crippen LogP contribution < -0.4 is 0 Å². The van der Waals surface area contributed by atoms with Gasteiger partial charge in [0.05, 0.1) is 12.2 Å². The molecule has 0 aliphatic rings. The Balaban J connectivity index is 1.76. The molecule has 0 unspecified atom stereocenters. The van der Waals surface area contributed by atoms with Gasteiger partial charge in [-0.15, -0.1) is 0 Å². The van der Waals surface area contributed by atoms with Crippen molar-refractivity contribution in [2.45, 2.75) is 6.54 Å². The van der Waals surface area contributed by atoms with Crippen LogP contribution in [0.4, 0.5) is 4.39 Å². The van der Waals surface area contributed by atoms with Crippen LogP contribution >= 0.6 is 0 Å². The van der Waals surface area contributed by atoms with E-state index in [4.69, 9.17) is 0 Å². The van der Waals surface area contributed by atoms with Crippen LogP contribution in [-0.2, 0) is 6.54 Å². The zero-order valence-electron chi connectivity index (χ0n) is 11.6. The highest BCUT2D eigenvalue weighted by Gasteiger charge is 2.09. The molecule has 1 aromatic carbocycles. The van der Waals surface area contributed by atoms with Crippen molar-refractivity contribution in [3.63, 3.8) is 0 Å². The van der Waals surface area contributed by atoms with E-state index in [-0.39, 0.29) is 5.82 Å². The van der Waals surface area contributed by atoms with Crippen LogP contribution in [0.2, 0.25) is 0 Å². The summed E-state index contributed by atoms with van der Waals surface area (Å²) >= 11 is 0. The Labute approximate surface area is 125 Å². The number of hydrogen-bond donors (Lipinski definition) is 0. The van der Waals surface area contributed by atoms with Crippen molar-refractivity contribution in [2.75, 3.05) is 0 Å². The molecule has 0 aliphatic carbocycles. The lowest BCUT2D eigenvalue weighted by Gasteiger charge is -2.09. The van der Waals surface area contributed by atoms with Gasteiger partial charge in [0.15, 0.2) is 5.65 Å². The number of benzene rings is 1. The van der Waals surface area contributed by atoms with Gasteiger partial charge in [-0.2, -0.15) is 5.10 Å². The Bertz CT molecular complexity index is 940. The summed E-state index contributed by atoms with van der Waals surface area (Å²) in [5.41, 5.74) is 2.52. The number of imidazole rings is 1. The monoisotopic (exact) mass is 293 g/mol. The molecule has 5 nitrogen and oxygen atoms in total. The summed E-state index contributed by atoms with van der Waals surface area (Å²) in [6.45, 7) is 0.576. The van der Waals surface area contributed by atoms with E-state index < -0.39 is 0 Å². The van der Waals surface area contributed by atoms with Gasteiger partial charge >= 0.3 is 0 Å². The molecule has 0 saturated carbocycles. The van der Waals surface area contributed by atoms with E-state index >= 15 is 0 Å². The summed E-state index contributed by atoms with van der Waals surface area (Å²) in [6, 6.07) is 12.3. The normalized spacial score (nSPS) is 11.1. The lowest BCUT2D eigenvalue weighted by atomic mass is 10.2. The first kappa shape index (κ1) is 12.7. The third kappa shape index (κ3) is 2.14. The second-order valence-corrected chi connectivity index (χ2v) is 4.94. The first-order valence-electron chi connectivity index (χ1n) is 6.86. The second-order valence-electron chi connectivity index (χ2n) is 4.94. The number of halogens is 1. The van der Waals surface area contributed by atoms with Gasteiger partial charge in [0.2, 0.25) is 0 Å². The molecule has 0 saturated heterocycles. The molecule has 0 aliphatic heterocycles. The Morgan fingerprint density at radius 3 is 2.86 bits per heavy atom. The molecule has 22 heavy (non-hydrogen) atoms. The van der Waals surface area contributed by atoms with Crippen LogP contribution in [0.1, 0.15) is 5.69 Å². The van der Waals surface area contributed by atoms with Gasteiger partial charge in [0.25, 0.3) is 0 Å². The Morgan fingerprint density at radius 1 is 1.05 bits per heavy atom. The molecule has 4 aromatic rings. The van der Waals surface area contributed by atoms with Crippen molar-refractivity contribution in [2.24, 2.45) is 0 Å². The maximum absolute atomic E-state index is 13.4. The second kappa shape index (κ2) is 5.07. The third-order valence-electron chi connectivity index (χ3n) is 3.51. The fraction of sp³-hybridized carbons (Fsp3) is 0.0625. The molecule has 3 aromatic heterocycles. The van der Waals surface area contributed by atoms with Crippen molar-refractivity contribution >= 4 is 5.65 Å². The van der Waals surface area contributed by atoms with E-state index in [2.05, 4.69) is 15.1 Å². The van der Waals surface area contributed by atoms with Crippen molar-refractivity contribution in [1.29, 1.82) is 0 Å². The van der Waals surface area contributed by atoms with Crippen LogP contribution in [0.15, 0.2) is 61.2 Å². The summed E-state index contributed by atoms with van der Waals surface area (Å²) < 4.78 is 17.2. The topological polar surface area (TPSA) is 48.0 Å². The first-order chi connectivity index (χ1) is 10.8. The van der Waals surface area contributed by atoms with E-state index in [9.17, 15) is 4.39 Å². The van der Waals surface area contributed by atoms with Gasteiger partial charge in [-0.1, -0.05) is 18.2 Å². The Kier molecular flexibility index (Phi) is 2.93. The lowest BCUT2D eigenvalue weighted by molar-refractivity contribution is 0.628. The molecule has 0 bridgehead atoms. The van der Waals surface area contributed by atoms with Crippen LogP contribution in [0.5, 0.6) is 0 Å². The summed E-state index contributed by atoms with van der Waals surface area (Å²) in [7, 11) is 0. The van der Waals surface area contributed by atoms with E-state index in [0.29, 0.717) is 6.54 Å². The van der Waals surface area contributed by atoms with Crippen LogP contribution in [0.3, 0.4) is 0 Å². The van der Waals surface area contributed by atoms with Crippen molar-refractivity contribution < 1.29 is 4.39 Å². The molecular formula is C16H12FN5. The highest BCUT2D eigenvalue weighted by atomic mass is 19.1. The minimum absolute atomic E-state index is 0.273. The molecule has 0 amide bonds. The summed E-state index contributed by atoms with van der Waals surface area (Å²) in [5, 5.41) is 4.23. The summed E-state index contributed by atoms with van der Waals surface area (Å²) in [5.74, 6) is 0.446. The molecule has 108 valence electrons. The molecule has 0 fully saturated rings. The zero-order chi connectivity index (χ0) is 14.9. The fourth-order valence-electron chi connectivity index (χ4n) is 2.52. The first-order valence-corrected chi connectivity index (χ1v) is 6.86. The van der Waals surface area contributed by atoms with Crippen LogP contribution in [0.25, 0.3) is 17.0 Å². The highest BCUT2D eigenvalue weighted by molar-refractivity contribution is 5.55. The van der Waals surface area contributed by atoms with Gasteiger partial charge < -0.3 is 4.57 Å². The standard InChI is InChI=1S/C16H12FN5/c17-13-4-1-3-12(9-13)16-18-7-8-21(16)10-14-5-2-6-15-19-11-20-22(14)15/h1-9,11H,10H2. The Hall–Kier alpha value is -3.02. The number of pyridine rings is 1. The predicted molar refractivity (Wildman–Crippen MR) is 79.7 cm³/mol. The van der Waals surface area contributed by atoms with Crippen molar-refractivity contribution in [3.8, 4) is 11.4 Å². The SMILES string of the molecule is Fc1cccc(-c2nccn2Cc2cccc3ncnn23)c1. The van der Waals surface area contributed by atoms with E-state index in [1.807, 2.05) is 35.0 Å². The zero-order valence-corrected chi connectivity index (χ0v) is 11.6. The van der Waals surface area contributed by atoms with Crippen molar-refractivity contribution in [3.05, 3.63) is 72.7 Å². The molecule has 0 atom stereocenters. The molecule has 0 spiro atoms. The Morgan fingerprint density at radius 2 is 1.95 bits per heavy atom. The van der Waals surface area contributed by atoms with Crippen LogP contribution in [-0.4, -0.2) is 24.1 Å². The van der Waals surface area contributed by atoms with E-state index in [1.54, 1.807) is 16.8 Å². The minimum atomic E-state index is -0.273. The largest absolute Gasteiger partial charge is 0.325 e.